The van der Waals surface area contributed by atoms with Crippen molar-refractivity contribution < 1.29 is 4.74 Å². The molecule has 3 fully saturated rings. The van der Waals surface area contributed by atoms with Gasteiger partial charge in [0.15, 0.2) is 0 Å². The van der Waals surface area contributed by atoms with E-state index in [0.29, 0.717) is 12.2 Å². The van der Waals surface area contributed by atoms with Crippen LogP contribution in [0, 0.1) is 5.92 Å². The Morgan fingerprint density at radius 2 is 1.60 bits per heavy atom. The first-order valence-electron chi connectivity index (χ1n) is 8.64. The van der Waals surface area contributed by atoms with Crippen LogP contribution in [-0.2, 0) is 4.74 Å². The van der Waals surface area contributed by atoms with E-state index in [1.54, 1.807) is 0 Å². The second kappa shape index (κ2) is 7.21. The molecule has 0 bridgehead atoms. The van der Waals surface area contributed by atoms with Gasteiger partial charge in [-0.2, -0.15) is 0 Å². The molecule has 3 aliphatic rings. The van der Waals surface area contributed by atoms with Crippen LogP contribution in [0.25, 0.3) is 0 Å². The number of rotatable bonds is 5. The summed E-state index contributed by atoms with van der Waals surface area (Å²) in [6.07, 6.45) is 6.13. The molecule has 2 saturated heterocycles. The van der Waals surface area contributed by atoms with Crippen LogP contribution in [0.3, 0.4) is 0 Å². The Labute approximate surface area is 123 Å². The third-order valence-electron chi connectivity index (χ3n) is 5.29. The van der Waals surface area contributed by atoms with Crippen molar-refractivity contribution in [3.63, 3.8) is 0 Å². The number of ether oxygens (including phenoxy) is 1. The van der Waals surface area contributed by atoms with E-state index in [0.717, 1.165) is 19.0 Å². The summed E-state index contributed by atoms with van der Waals surface area (Å²) in [5, 5.41) is 3.40. The molecule has 0 radical (unpaired) electrons. The fraction of sp³-hybridized carbons (Fsp3) is 1.00. The lowest BCUT2D eigenvalue weighted by Crippen LogP contribution is -2.50. The quantitative estimate of drug-likeness (QED) is 0.819. The molecule has 3 rings (SSSR count). The van der Waals surface area contributed by atoms with Crippen LogP contribution < -0.4 is 5.32 Å². The van der Waals surface area contributed by atoms with Crippen molar-refractivity contribution in [3.8, 4) is 0 Å². The van der Waals surface area contributed by atoms with Crippen molar-refractivity contribution in [2.75, 3.05) is 52.4 Å². The zero-order valence-electron chi connectivity index (χ0n) is 13.0. The first-order chi connectivity index (χ1) is 9.83. The Kier molecular flexibility index (Phi) is 5.32. The van der Waals surface area contributed by atoms with Gasteiger partial charge in [-0.1, -0.05) is 6.92 Å². The number of hydrogen-bond donors (Lipinski definition) is 1. The van der Waals surface area contributed by atoms with Gasteiger partial charge in [0.1, 0.15) is 0 Å². The molecule has 0 unspecified atom stereocenters. The standard InChI is InChI=1S/C16H31N3O/c1-2-18-7-9-19(10-8-18)13-14-11-16(12-14)20-15-3-5-17-6-4-15/h14-17H,2-13H2,1H3. The summed E-state index contributed by atoms with van der Waals surface area (Å²) in [6.45, 7) is 12.1. The maximum atomic E-state index is 6.21. The normalized spacial score (nSPS) is 34.0. The lowest BCUT2D eigenvalue weighted by atomic mass is 9.81. The first-order valence-corrected chi connectivity index (χ1v) is 8.64. The molecule has 2 heterocycles. The van der Waals surface area contributed by atoms with E-state index in [-0.39, 0.29) is 0 Å². The van der Waals surface area contributed by atoms with Crippen LogP contribution in [0.15, 0.2) is 0 Å². The molecular formula is C16H31N3O. The number of hydrogen-bond acceptors (Lipinski definition) is 4. The molecular weight excluding hydrogens is 250 g/mol. The van der Waals surface area contributed by atoms with Crippen LogP contribution in [-0.4, -0.2) is 74.4 Å². The van der Waals surface area contributed by atoms with E-state index in [1.807, 2.05) is 0 Å². The summed E-state index contributed by atoms with van der Waals surface area (Å²) < 4.78 is 6.21. The number of piperidine rings is 1. The molecule has 0 aromatic rings. The van der Waals surface area contributed by atoms with Crippen LogP contribution in [0.4, 0.5) is 0 Å². The third kappa shape index (κ3) is 3.94. The molecule has 20 heavy (non-hydrogen) atoms. The van der Waals surface area contributed by atoms with Gasteiger partial charge in [0.05, 0.1) is 12.2 Å². The molecule has 1 saturated carbocycles. The van der Waals surface area contributed by atoms with E-state index in [4.69, 9.17) is 4.74 Å². The second-order valence-electron chi connectivity index (χ2n) is 6.78. The van der Waals surface area contributed by atoms with E-state index >= 15 is 0 Å². The highest BCUT2D eigenvalue weighted by molar-refractivity contribution is 4.85. The minimum absolute atomic E-state index is 0.537. The van der Waals surface area contributed by atoms with Gasteiger partial charge in [0.2, 0.25) is 0 Å². The van der Waals surface area contributed by atoms with Crippen molar-refractivity contribution in [3.05, 3.63) is 0 Å². The second-order valence-corrected chi connectivity index (χ2v) is 6.78. The predicted octanol–water partition coefficient (Wildman–Crippen LogP) is 1.17. The average Bonchev–Trinajstić information content (AvgIpc) is 2.47. The predicted molar refractivity (Wildman–Crippen MR) is 82.0 cm³/mol. The average molecular weight is 281 g/mol. The van der Waals surface area contributed by atoms with Crippen molar-refractivity contribution >= 4 is 0 Å². The van der Waals surface area contributed by atoms with Crippen LogP contribution >= 0.6 is 0 Å². The summed E-state index contributed by atoms with van der Waals surface area (Å²) in [7, 11) is 0. The maximum absolute atomic E-state index is 6.21. The number of nitrogens with one attached hydrogen (secondary N) is 1. The molecule has 1 N–H and O–H groups in total. The molecule has 2 aliphatic heterocycles. The summed E-state index contributed by atoms with van der Waals surface area (Å²) >= 11 is 0. The van der Waals surface area contributed by atoms with Crippen molar-refractivity contribution in [1.29, 1.82) is 0 Å². The minimum Gasteiger partial charge on any atom is -0.375 e. The summed E-state index contributed by atoms with van der Waals surface area (Å²) in [6, 6.07) is 0. The van der Waals surface area contributed by atoms with E-state index in [2.05, 4.69) is 22.0 Å². The number of likely N-dealkylation sites (N-methyl/N-ethyl adjacent to an activating group) is 1. The zero-order chi connectivity index (χ0) is 13.8. The molecule has 0 spiro atoms. The largest absolute Gasteiger partial charge is 0.375 e. The molecule has 4 nitrogen and oxygen atoms in total. The fourth-order valence-electron chi connectivity index (χ4n) is 3.79. The highest BCUT2D eigenvalue weighted by Gasteiger charge is 2.33. The third-order valence-corrected chi connectivity index (χ3v) is 5.29. The summed E-state index contributed by atoms with van der Waals surface area (Å²) in [5.41, 5.74) is 0. The monoisotopic (exact) mass is 281 g/mol. The van der Waals surface area contributed by atoms with Gasteiger partial charge >= 0.3 is 0 Å². The van der Waals surface area contributed by atoms with Crippen molar-refractivity contribution in [2.24, 2.45) is 5.92 Å². The van der Waals surface area contributed by atoms with Crippen LogP contribution in [0.2, 0.25) is 0 Å². The first kappa shape index (κ1) is 14.8. The molecule has 1 aliphatic carbocycles. The molecule has 0 aromatic heterocycles. The molecule has 0 aromatic carbocycles. The number of piperazine rings is 1. The van der Waals surface area contributed by atoms with Crippen molar-refractivity contribution in [1.82, 2.24) is 15.1 Å². The van der Waals surface area contributed by atoms with Gasteiger partial charge in [-0.05, 0) is 51.2 Å². The zero-order valence-corrected chi connectivity index (χ0v) is 13.0. The Balaban J connectivity index is 1.28. The SMILES string of the molecule is CCN1CCN(CC2CC(OC3CCNCC3)C2)CC1. The van der Waals surface area contributed by atoms with E-state index in [1.165, 1.54) is 65.0 Å². The molecule has 0 atom stereocenters. The highest BCUT2D eigenvalue weighted by Crippen LogP contribution is 2.32. The molecule has 4 heteroatoms. The number of nitrogens with zero attached hydrogens (tertiary/aromatic N) is 2. The Bertz CT molecular complexity index is 279. The van der Waals surface area contributed by atoms with Gasteiger partial charge in [-0.3, -0.25) is 0 Å². The van der Waals surface area contributed by atoms with Gasteiger partial charge in [0, 0.05) is 32.7 Å². The maximum Gasteiger partial charge on any atom is 0.0603 e. The van der Waals surface area contributed by atoms with E-state index in [9.17, 15) is 0 Å². The summed E-state index contributed by atoms with van der Waals surface area (Å²) in [5.74, 6) is 0.898. The Hall–Kier alpha value is -0.160. The summed E-state index contributed by atoms with van der Waals surface area (Å²) in [4.78, 5) is 5.22. The fourth-order valence-corrected chi connectivity index (χ4v) is 3.79. The minimum atomic E-state index is 0.537. The van der Waals surface area contributed by atoms with Crippen LogP contribution in [0.1, 0.15) is 32.6 Å². The lowest BCUT2D eigenvalue weighted by molar-refractivity contribution is -0.0902. The lowest BCUT2D eigenvalue weighted by Gasteiger charge is -2.42. The van der Waals surface area contributed by atoms with Gasteiger partial charge < -0.3 is 19.9 Å². The van der Waals surface area contributed by atoms with Gasteiger partial charge in [-0.25, -0.2) is 0 Å². The van der Waals surface area contributed by atoms with Gasteiger partial charge in [0.25, 0.3) is 0 Å². The van der Waals surface area contributed by atoms with Gasteiger partial charge in [-0.15, -0.1) is 0 Å². The highest BCUT2D eigenvalue weighted by atomic mass is 16.5. The topological polar surface area (TPSA) is 27.7 Å². The van der Waals surface area contributed by atoms with Crippen molar-refractivity contribution in [2.45, 2.75) is 44.8 Å². The molecule has 0 amide bonds. The smallest absolute Gasteiger partial charge is 0.0603 e. The van der Waals surface area contributed by atoms with E-state index < -0.39 is 0 Å². The van der Waals surface area contributed by atoms with Crippen LogP contribution in [0.5, 0.6) is 0 Å². The molecule has 116 valence electrons. The Morgan fingerprint density at radius 3 is 2.25 bits per heavy atom. The Morgan fingerprint density at radius 1 is 0.950 bits per heavy atom.